The Kier molecular flexibility index (Phi) is 5.08. The number of anilines is 1. The lowest BCUT2D eigenvalue weighted by molar-refractivity contribution is -0.154. The molecule has 0 spiro atoms. The smallest absolute Gasteiger partial charge is 0.319 e. The molecule has 7 heteroatoms. The fourth-order valence-electron chi connectivity index (χ4n) is 1.52. The van der Waals surface area contributed by atoms with E-state index in [0.717, 1.165) is 0 Å². The Morgan fingerprint density at radius 1 is 1.15 bits per heavy atom. The number of carbonyl (C=O) groups is 3. The van der Waals surface area contributed by atoms with E-state index in [1.807, 2.05) is 0 Å². The van der Waals surface area contributed by atoms with Crippen LogP contribution in [-0.4, -0.2) is 34.7 Å². The number of urea groups is 1. The molecule has 0 heterocycles. The maximum Gasteiger partial charge on any atom is 0.319 e. The van der Waals surface area contributed by atoms with Crippen molar-refractivity contribution in [3.05, 3.63) is 30.3 Å². The fraction of sp³-hybridized carbons (Fsp3) is 0.308. The number of aliphatic carboxylic acids is 2. The van der Waals surface area contributed by atoms with E-state index in [4.69, 9.17) is 10.2 Å². The molecule has 20 heavy (non-hydrogen) atoms. The van der Waals surface area contributed by atoms with E-state index in [9.17, 15) is 14.4 Å². The molecule has 0 aliphatic heterocycles. The van der Waals surface area contributed by atoms with Crippen LogP contribution in [0.15, 0.2) is 30.3 Å². The zero-order valence-electron chi connectivity index (χ0n) is 10.9. The van der Waals surface area contributed by atoms with Crippen LogP contribution in [0.4, 0.5) is 10.5 Å². The van der Waals surface area contributed by atoms with E-state index in [1.165, 1.54) is 6.92 Å². The maximum absolute atomic E-state index is 11.6. The van der Waals surface area contributed by atoms with Gasteiger partial charge in [-0.25, -0.2) is 4.79 Å². The highest BCUT2D eigenvalue weighted by Gasteiger charge is 2.36. The van der Waals surface area contributed by atoms with Crippen LogP contribution in [-0.2, 0) is 9.59 Å². The van der Waals surface area contributed by atoms with Gasteiger partial charge in [0.1, 0.15) is 0 Å². The summed E-state index contributed by atoms with van der Waals surface area (Å²) in [7, 11) is 0. The van der Waals surface area contributed by atoms with E-state index < -0.39 is 29.8 Å². The lowest BCUT2D eigenvalue weighted by Crippen LogP contribution is -2.43. The van der Waals surface area contributed by atoms with Crippen molar-refractivity contribution in [3.8, 4) is 0 Å². The lowest BCUT2D eigenvalue weighted by Gasteiger charge is -2.23. The molecule has 0 aliphatic carbocycles. The molecule has 0 radical (unpaired) electrons. The topological polar surface area (TPSA) is 116 Å². The monoisotopic (exact) mass is 280 g/mol. The summed E-state index contributed by atoms with van der Waals surface area (Å²) in [5, 5.41) is 22.6. The molecule has 7 nitrogen and oxygen atoms in total. The zero-order chi connectivity index (χ0) is 15.2. The summed E-state index contributed by atoms with van der Waals surface area (Å²) in [5.41, 5.74) is -1.000. The Morgan fingerprint density at radius 2 is 1.75 bits per heavy atom. The summed E-state index contributed by atoms with van der Waals surface area (Å²) in [6.45, 7) is 0.986. The normalized spacial score (nSPS) is 13.1. The highest BCUT2D eigenvalue weighted by atomic mass is 16.4. The molecule has 0 fully saturated rings. The molecule has 1 atom stereocenters. The van der Waals surface area contributed by atoms with Crippen LogP contribution in [0.2, 0.25) is 0 Å². The molecule has 1 rings (SSSR count). The van der Waals surface area contributed by atoms with Crippen molar-refractivity contribution < 1.29 is 24.6 Å². The predicted molar refractivity (Wildman–Crippen MR) is 71.5 cm³/mol. The second-order valence-corrected chi connectivity index (χ2v) is 4.61. The second kappa shape index (κ2) is 6.55. The average molecular weight is 280 g/mol. The van der Waals surface area contributed by atoms with Crippen molar-refractivity contribution in [1.82, 2.24) is 5.32 Å². The van der Waals surface area contributed by atoms with Gasteiger partial charge in [-0.05, 0) is 19.1 Å². The van der Waals surface area contributed by atoms with E-state index in [2.05, 4.69) is 10.6 Å². The number of carboxylic acid groups (broad SMARTS) is 2. The van der Waals surface area contributed by atoms with Gasteiger partial charge in [-0.1, -0.05) is 18.2 Å². The SMILES string of the molecule is CC(CNC(=O)Nc1ccccc1)(CC(=O)O)C(=O)O. The van der Waals surface area contributed by atoms with Gasteiger partial charge in [-0.3, -0.25) is 9.59 Å². The van der Waals surface area contributed by atoms with Gasteiger partial charge in [0.2, 0.25) is 0 Å². The molecule has 0 saturated heterocycles. The number of para-hydroxylation sites is 1. The van der Waals surface area contributed by atoms with Gasteiger partial charge in [-0.15, -0.1) is 0 Å². The first-order chi connectivity index (χ1) is 9.33. The molecule has 1 aromatic rings. The van der Waals surface area contributed by atoms with Gasteiger partial charge < -0.3 is 20.8 Å². The van der Waals surface area contributed by atoms with E-state index in [-0.39, 0.29) is 6.54 Å². The van der Waals surface area contributed by atoms with Crippen LogP contribution in [0.1, 0.15) is 13.3 Å². The summed E-state index contributed by atoms with van der Waals surface area (Å²) >= 11 is 0. The molecule has 1 aromatic carbocycles. The van der Waals surface area contributed by atoms with E-state index in [0.29, 0.717) is 5.69 Å². The van der Waals surface area contributed by atoms with Crippen molar-refractivity contribution >= 4 is 23.7 Å². The molecule has 0 aromatic heterocycles. The number of hydrogen-bond acceptors (Lipinski definition) is 3. The Morgan fingerprint density at radius 3 is 2.25 bits per heavy atom. The summed E-state index contributed by atoms with van der Waals surface area (Å²) in [6.07, 6.45) is -0.575. The largest absolute Gasteiger partial charge is 0.481 e. The van der Waals surface area contributed by atoms with Crippen molar-refractivity contribution in [2.45, 2.75) is 13.3 Å². The van der Waals surface area contributed by atoms with Crippen LogP contribution in [0, 0.1) is 5.41 Å². The Bertz CT molecular complexity index is 503. The minimum Gasteiger partial charge on any atom is -0.481 e. The third-order valence-electron chi connectivity index (χ3n) is 2.73. The van der Waals surface area contributed by atoms with Gasteiger partial charge in [0, 0.05) is 12.2 Å². The summed E-state index contributed by atoms with van der Waals surface area (Å²) in [4.78, 5) is 33.4. The van der Waals surface area contributed by atoms with Crippen molar-refractivity contribution in [2.75, 3.05) is 11.9 Å². The van der Waals surface area contributed by atoms with Gasteiger partial charge in [0.25, 0.3) is 0 Å². The first-order valence-electron chi connectivity index (χ1n) is 5.88. The standard InChI is InChI=1S/C13H16N2O5/c1-13(11(18)19,7-10(16)17)8-14-12(20)15-9-5-3-2-4-6-9/h2-6H,7-8H2,1H3,(H,16,17)(H,18,19)(H2,14,15,20). The Labute approximate surface area is 115 Å². The van der Waals surface area contributed by atoms with E-state index >= 15 is 0 Å². The van der Waals surface area contributed by atoms with Crippen molar-refractivity contribution in [2.24, 2.45) is 5.41 Å². The lowest BCUT2D eigenvalue weighted by atomic mass is 9.87. The second-order valence-electron chi connectivity index (χ2n) is 4.61. The van der Waals surface area contributed by atoms with Crippen LogP contribution in [0.3, 0.4) is 0 Å². The minimum atomic E-state index is -1.56. The van der Waals surface area contributed by atoms with Crippen LogP contribution < -0.4 is 10.6 Å². The van der Waals surface area contributed by atoms with Crippen molar-refractivity contribution in [1.29, 1.82) is 0 Å². The Balaban J connectivity index is 2.57. The summed E-state index contributed by atoms with van der Waals surface area (Å²) in [6, 6.07) is 8.02. The molecular weight excluding hydrogens is 264 g/mol. The van der Waals surface area contributed by atoms with E-state index in [1.54, 1.807) is 30.3 Å². The highest BCUT2D eigenvalue weighted by molar-refractivity contribution is 5.90. The quantitative estimate of drug-likeness (QED) is 0.628. The third kappa shape index (κ3) is 4.60. The van der Waals surface area contributed by atoms with Gasteiger partial charge >= 0.3 is 18.0 Å². The highest BCUT2D eigenvalue weighted by Crippen LogP contribution is 2.20. The number of amides is 2. The first-order valence-corrected chi connectivity index (χ1v) is 5.88. The van der Waals surface area contributed by atoms with Gasteiger partial charge in [-0.2, -0.15) is 0 Å². The molecule has 0 aliphatic rings. The zero-order valence-corrected chi connectivity index (χ0v) is 10.9. The number of nitrogens with one attached hydrogen (secondary N) is 2. The first kappa shape index (κ1) is 15.5. The number of carbonyl (C=O) groups excluding carboxylic acids is 1. The molecular formula is C13H16N2O5. The molecule has 0 saturated carbocycles. The molecule has 0 bridgehead atoms. The van der Waals surface area contributed by atoms with Crippen LogP contribution in [0.5, 0.6) is 0 Å². The minimum absolute atomic E-state index is 0.284. The number of carboxylic acids is 2. The number of rotatable bonds is 6. The molecule has 108 valence electrons. The Hall–Kier alpha value is -2.57. The average Bonchev–Trinajstić information content (AvgIpc) is 2.36. The summed E-state index contributed by atoms with van der Waals surface area (Å²) in [5.74, 6) is -2.51. The van der Waals surface area contributed by atoms with Crippen LogP contribution >= 0.6 is 0 Å². The van der Waals surface area contributed by atoms with Crippen molar-refractivity contribution in [3.63, 3.8) is 0 Å². The van der Waals surface area contributed by atoms with Crippen LogP contribution in [0.25, 0.3) is 0 Å². The molecule has 1 unspecified atom stereocenters. The number of benzene rings is 1. The molecule has 2 amide bonds. The molecule has 4 N–H and O–H groups in total. The van der Waals surface area contributed by atoms with Gasteiger partial charge in [0.15, 0.2) is 0 Å². The fourth-order valence-corrected chi connectivity index (χ4v) is 1.52. The third-order valence-corrected chi connectivity index (χ3v) is 2.73. The number of hydrogen-bond donors (Lipinski definition) is 4. The maximum atomic E-state index is 11.6. The summed E-state index contributed by atoms with van der Waals surface area (Å²) < 4.78 is 0. The predicted octanol–water partition coefficient (Wildman–Crippen LogP) is 1.37. The van der Waals surface area contributed by atoms with Gasteiger partial charge in [0.05, 0.1) is 11.8 Å².